The van der Waals surface area contributed by atoms with Crippen molar-refractivity contribution in [3.8, 4) is 10.4 Å². The molecule has 6 nitrogen and oxygen atoms in total. The van der Waals surface area contributed by atoms with Gasteiger partial charge in [-0.25, -0.2) is 9.78 Å². The minimum absolute atomic E-state index is 0.0134. The number of aromatic amines is 1. The lowest BCUT2D eigenvalue weighted by atomic mass is 9.94. The first-order chi connectivity index (χ1) is 13.5. The van der Waals surface area contributed by atoms with Gasteiger partial charge in [0.05, 0.1) is 15.9 Å². The lowest BCUT2D eigenvalue weighted by Crippen LogP contribution is -2.34. The van der Waals surface area contributed by atoms with Gasteiger partial charge in [-0.05, 0) is 29.2 Å². The summed E-state index contributed by atoms with van der Waals surface area (Å²) >= 11 is 1.58. The van der Waals surface area contributed by atoms with Crippen molar-refractivity contribution in [1.29, 1.82) is 0 Å². The maximum Gasteiger partial charge on any atom is 0.326 e. The van der Waals surface area contributed by atoms with E-state index in [4.69, 9.17) is 5.73 Å². The molecule has 2 unspecified atom stereocenters. The first-order valence-corrected chi connectivity index (χ1v) is 10.0. The molecule has 0 aliphatic carbocycles. The molecule has 28 heavy (non-hydrogen) atoms. The fourth-order valence-electron chi connectivity index (χ4n) is 3.25. The molecule has 0 saturated heterocycles. The van der Waals surface area contributed by atoms with E-state index >= 15 is 0 Å². The normalized spacial score (nSPS) is 13.5. The van der Waals surface area contributed by atoms with Crippen LogP contribution in [0.1, 0.15) is 18.4 Å². The quantitative estimate of drug-likeness (QED) is 0.467. The fraction of sp³-hybridized carbons (Fsp3) is 0.238. The van der Waals surface area contributed by atoms with E-state index in [0.29, 0.717) is 6.54 Å². The van der Waals surface area contributed by atoms with Crippen LogP contribution in [0.25, 0.3) is 21.5 Å². The van der Waals surface area contributed by atoms with Crippen molar-refractivity contribution < 1.29 is 0 Å². The number of aromatic nitrogens is 3. The molecule has 0 bridgehead atoms. The number of nitrogens with one attached hydrogen (secondary N) is 2. The Balaban J connectivity index is 1.46. The number of H-pyrrole nitrogens is 1. The number of nitrogens with two attached hydrogens (primary N) is 1. The Morgan fingerprint density at radius 1 is 1.25 bits per heavy atom. The second-order valence-corrected chi connectivity index (χ2v) is 8.03. The topological polar surface area (TPSA) is 88.7 Å². The monoisotopic (exact) mass is 393 g/mol. The predicted molar refractivity (Wildman–Crippen MR) is 116 cm³/mol. The lowest BCUT2D eigenvalue weighted by molar-refractivity contribution is 0.589. The Labute approximate surface area is 167 Å². The van der Waals surface area contributed by atoms with E-state index in [1.54, 1.807) is 23.0 Å². The van der Waals surface area contributed by atoms with Crippen LogP contribution in [0.15, 0.2) is 59.5 Å². The van der Waals surface area contributed by atoms with Gasteiger partial charge < -0.3 is 16.0 Å². The Kier molecular flexibility index (Phi) is 5.02. The molecule has 4 N–H and O–H groups in total. The molecule has 0 aliphatic heterocycles. The van der Waals surface area contributed by atoms with E-state index in [1.165, 1.54) is 5.56 Å². The van der Waals surface area contributed by atoms with Crippen LogP contribution in [-0.4, -0.2) is 27.1 Å². The van der Waals surface area contributed by atoms with Gasteiger partial charge in [0.1, 0.15) is 0 Å². The summed E-state index contributed by atoms with van der Waals surface area (Å²) < 4.78 is 1.61. The van der Waals surface area contributed by atoms with Gasteiger partial charge in [-0.1, -0.05) is 54.7 Å². The van der Waals surface area contributed by atoms with Crippen LogP contribution >= 0.6 is 11.3 Å². The smallest absolute Gasteiger partial charge is 0.326 e. The second-order valence-electron chi connectivity index (χ2n) is 6.99. The minimum Gasteiger partial charge on any atom is -0.360 e. The number of anilines is 1. The Morgan fingerprint density at radius 3 is 2.82 bits per heavy atom. The number of benzene rings is 2. The Bertz CT molecular complexity index is 1140. The highest BCUT2D eigenvalue weighted by atomic mass is 32.1. The molecule has 0 amide bonds. The van der Waals surface area contributed by atoms with E-state index in [9.17, 15) is 4.79 Å². The van der Waals surface area contributed by atoms with Gasteiger partial charge in [-0.15, -0.1) is 0 Å². The highest BCUT2D eigenvalue weighted by Gasteiger charge is 2.15. The highest BCUT2D eigenvalue weighted by molar-refractivity contribution is 7.18. The largest absolute Gasteiger partial charge is 0.360 e. The van der Waals surface area contributed by atoms with E-state index in [-0.39, 0.29) is 17.6 Å². The van der Waals surface area contributed by atoms with Crippen LogP contribution in [0.2, 0.25) is 0 Å². The standard InChI is InChI=1S/C21H23N5OS/c1-13(14-6-4-3-5-7-14)16(22)11-23-20-24-12-19(28-20)15-8-9-17-18(10-15)26(2)21(27)25-17/h3-10,12-13,16H,11,22H2,1-2H3,(H,23,24)(H,25,27). The minimum atomic E-state index is -0.111. The average molecular weight is 394 g/mol. The molecule has 0 spiro atoms. The molecule has 2 heterocycles. The Hall–Kier alpha value is -2.90. The number of hydrogen-bond acceptors (Lipinski definition) is 5. The highest BCUT2D eigenvalue weighted by Crippen LogP contribution is 2.30. The summed E-state index contributed by atoms with van der Waals surface area (Å²) in [7, 11) is 1.76. The van der Waals surface area contributed by atoms with Gasteiger partial charge in [0.15, 0.2) is 5.13 Å². The predicted octanol–water partition coefficient (Wildman–Crippen LogP) is 3.53. The van der Waals surface area contributed by atoms with Crippen LogP contribution in [0, 0.1) is 0 Å². The molecule has 144 valence electrons. The van der Waals surface area contributed by atoms with Crippen molar-refractivity contribution in [2.45, 2.75) is 18.9 Å². The van der Waals surface area contributed by atoms with Crippen molar-refractivity contribution in [3.05, 3.63) is 70.8 Å². The number of thiazole rings is 1. The summed E-state index contributed by atoms with van der Waals surface area (Å²) in [5, 5.41) is 4.20. The number of aryl methyl sites for hydroxylation is 1. The third kappa shape index (κ3) is 3.58. The van der Waals surface area contributed by atoms with Crippen molar-refractivity contribution in [3.63, 3.8) is 0 Å². The van der Waals surface area contributed by atoms with Crippen molar-refractivity contribution >= 4 is 27.5 Å². The van der Waals surface area contributed by atoms with Gasteiger partial charge in [-0.2, -0.15) is 0 Å². The molecule has 2 atom stereocenters. The number of nitrogens with zero attached hydrogens (tertiary/aromatic N) is 2. The molecular weight excluding hydrogens is 370 g/mol. The average Bonchev–Trinajstić information content (AvgIpc) is 3.31. The summed E-state index contributed by atoms with van der Waals surface area (Å²) in [6.45, 7) is 2.79. The number of fused-ring (bicyclic) bond motifs is 1. The van der Waals surface area contributed by atoms with Crippen molar-refractivity contribution in [2.24, 2.45) is 12.8 Å². The molecule has 0 radical (unpaired) electrons. The van der Waals surface area contributed by atoms with E-state index in [1.807, 2.05) is 42.6 Å². The molecule has 7 heteroatoms. The zero-order valence-electron chi connectivity index (χ0n) is 15.8. The van der Waals surface area contributed by atoms with E-state index in [0.717, 1.165) is 26.6 Å². The third-order valence-corrected chi connectivity index (χ3v) is 6.16. The summed E-state index contributed by atoms with van der Waals surface area (Å²) in [4.78, 5) is 20.1. The Morgan fingerprint density at radius 2 is 2.04 bits per heavy atom. The number of imidazole rings is 1. The van der Waals surface area contributed by atoms with E-state index in [2.05, 4.69) is 34.3 Å². The van der Waals surface area contributed by atoms with Gasteiger partial charge >= 0.3 is 5.69 Å². The molecule has 4 rings (SSSR count). The first kappa shape index (κ1) is 18.5. The summed E-state index contributed by atoms with van der Waals surface area (Å²) in [5.41, 5.74) is 10.3. The number of hydrogen-bond donors (Lipinski definition) is 3. The molecule has 2 aromatic carbocycles. The van der Waals surface area contributed by atoms with Gasteiger partial charge in [0.2, 0.25) is 0 Å². The first-order valence-electron chi connectivity index (χ1n) is 9.22. The van der Waals surface area contributed by atoms with Crippen LogP contribution in [0.5, 0.6) is 0 Å². The summed E-state index contributed by atoms with van der Waals surface area (Å²) in [6, 6.07) is 16.2. The molecular formula is C21H23N5OS. The lowest BCUT2D eigenvalue weighted by Gasteiger charge is -2.20. The molecule has 2 aromatic heterocycles. The van der Waals surface area contributed by atoms with Crippen LogP contribution in [-0.2, 0) is 7.05 Å². The van der Waals surface area contributed by atoms with Crippen LogP contribution in [0.3, 0.4) is 0 Å². The summed E-state index contributed by atoms with van der Waals surface area (Å²) in [5.74, 6) is 0.255. The maximum atomic E-state index is 11.8. The van der Waals surface area contributed by atoms with Crippen molar-refractivity contribution in [2.75, 3.05) is 11.9 Å². The maximum absolute atomic E-state index is 11.8. The van der Waals surface area contributed by atoms with Crippen molar-refractivity contribution in [1.82, 2.24) is 14.5 Å². The molecule has 0 saturated carbocycles. The van der Waals surface area contributed by atoms with Gasteiger partial charge in [0, 0.05) is 25.8 Å². The SMILES string of the molecule is CC(c1ccccc1)C(N)CNc1ncc(-c2ccc3[nH]c(=O)n(C)c3c2)s1. The number of rotatable bonds is 6. The molecule has 0 fully saturated rings. The molecule has 4 aromatic rings. The van der Waals surface area contributed by atoms with Crippen LogP contribution in [0.4, 0.5) is 5.13 Å². The zero-order chi connectivity index (χ0) is 19.7. The zero-order valence-corrected chi connectivity index (χ0v) is 16.7. The fourth-order valence-corrected chi connectivity index (χ4v) is 4.07. The summed E-state index contributed by atoms with van der Waals surface area (Å²) in [6.07, 6.45) is 1.85. The third-order valence-electron chi connectivity index (χ3n) is 5.15. The van der Waals surface area contributed by atoms with Gasteiger partial charge in [-0.3, -0.25) is 4.57 Å². The van der Waals surface area contributed by atoms with E-state index < -0.39 is 0 Å². The molecule has 0 aliphatic rings. The van der Waals surface area contributed by atoms with Crippen LogP contribution < -0.4 is 16.7 Å². The second kappa shape index (κ2) is 7.61. The van der Waals surface area contributed by atoms with Gasteiger partial charge in [0.25, 0.3) is 0 Å².